The molecule has 1 aliphatic carbocycles. The molecule has 2 amide bonds. The molecule has 9 nitrogen and oxygen atoms in total. The topological polar surface area (TPSA) is 136 Å². The Morgan fingerprint density at radius 3 is 2.30 bits per heavy atom. The number of fused-ring (bicyclic) bond motifs is 1. The molecule has 10 heteroatoms. The molecule has 4 atom stereocenters. The molecule has 1 saturated heterocycles. The Balaban J connectivity index is 1.22. The number of sulfonamides is 1. The van der Waals surface area contributed by atoms with Crippen LogP contribution in [0.4, 0.5) is 0 Å². The number of nitrogens with one attached hydrogen (secondary N) is 2. The third-order valence-corrected chi connectivity index (χ3v) is 9.76. The van der Waals surface area contributed by atoms with Crippen LogP contribution in [0.2, 0.25) is 0 Å². The zero-order chi connectivity index (χ0) is 30.4. The van der Waals surface area contributed by atoms with Gasteiger partial charge in [0.15, 0.2) is 0 Å². The Kier molecular flexibility index (Phi) is 9.92. The summed E-state index contributed by atoms with van der Waals surface area (Å²) >= 11 is 0. The van der Waals surface area contributed by atoms with Gasteiger partial charge >= 0.3 is 0 Å². The highest BCUT2D eigenvalue weighted by molar-refractivity contribution is 7.89. The Morgan fingerprint density at radius 2 is 1.58 bits per heavy atom. The smallest absolute Gasteiger partial charge is 0.253 e. The standard InChI is InChI=1S/C33H39N3O6S/c37-27(22-34-43(41,42)28-15-13-24(14-16-28)33(40)36-17-7-2-8-18-36)20-26(19-23-9-3-1-4-10-23)32(39)35-31-29-12-6-5-11-25(29)21-30(31)38/h1,3-6,9-16,26-27,30-31,34,37-38H,2,7-8,17-22H2,(H,35,39)/t26-,27+,30-,31+/m1/s1. The highest BCUT2D eigenvalue weighted by Crippen LogP contribution is 2.32. The molecule has 1 aliphatic heterocycles. The van der Waals surface area contributed by atoms with E-state index in [1.165, 1.54) is 24.3 Å². The van der Waals surface area contributed by atoms with E-state index in [1.54, 1.807) is 4.90 Å². The molecule has 4 N–H and O–H groups in total. The van der Waals surface area contributed by atoms with Gasteiger partial charge in [-0.15, -0.1) is 0 Å². The minimum absolute atomic E-state index is 0.0109. The SMILES string of the molecule is O=C(N[C@H]1c2ccccc2C[C@H]1O)[C@H](Cc1ccccc1)C[C@H](O)CNS(=O)(=O)c1ccc(C(=O)N2CCCCC2)cc1. The number of aliphatic hydroxyl groups is 2. The minimum Gasteiger partial charge on any atom is -0.392 e. The molecule has 1 fully saturated rings. The van der Waals surface area contributed by atoms with Gasteiger partial charge in [0.05, 0.1) is 23.1 Å². The van der Waals surface area contributed by atoms with Crippen LogP contribution in [0.15, 0.2) is 83.8 Å². The molecule has 0 unspecified atom stereocenters. The molecular weight excluding hydrogens is 566 g/mol. The zero-order valence-electron chi connectivity index (χ0n) is 24.1. The predicted molar refractivity (Wildman–Crippen MR) is 163 cm³/mol. The number of nitrogens with zero attached hydrogens (tertiary/aromatic N) is 1. The molecule has 0 bridgehead atoms. The van der Waals surface area contributed by atoms with Crippen molar-refractivity contribution in [2.24, 2.45) is 5.92 Å². The minimum atomic E-state index is -3.97. The molecule has 43 heavy (non-hydrogen) atoms. The van der Waals surface area contributed by atoms with Gasteiger partial charge in [0.1, 0.15) is 0 Å². The summed E-state index contributed by atoms with van der Waals surface area (Å²) in [6.07, 6.45) is 1.94. The van der Waals surface area contributed by atoms with Crippen molar-refractivity contribution in [3.63, 3.8) is 0 Å². The van der Waals surface area contributed by atoms with Crippen LogP contribution in [0.25, 0.3) is 0 Å². The van der Waals surface area contributed by atoms with Gasteiger partial charge in [0, 0.05) is 37.5 Å². The van der Waals surface area contributed by atoms with Crippen molar-refractivity contribution < 1.29 is 28.2 Å². The van der Waals surface area contributed by atoms with Crippen LogP contribution in [-0.2, 0) is 27.7 Å². The number of piperidine rings is 1. The molecular formula is C33H39N3O6S. The van der Waals surface area contributed by atoms with Gasteiger partial charge < -0.3 is 20.4 Å². The molecule has 228 valence electrons. The van der Waals surface area contributed by atoms with E-state index in [4.69, 9.17) is 0 Å². The number of carbonyl (C=O) groups excluding carboxylic acids is 2. The van der Waals surface area contributed by atoms with E-state index in [-0.39, 0.29) is 29.7 Å². The second-order valence-electron chi connectivity index (χ2n) is 11.5. The molecule has 3 aromatic carbocycles. The lowest BCUT2D eigenvalue weighted by atomic mass is 9.92. The van der Waals surface area contributed by atoms with Crippen molar-refractivity contribution in [3.8, 4) is 0 Å². The van der Waals surface area contributed by atoms with E-state index in [1.807, 2.05) is 54.6 Å². The van der Waals surface area contributed by atoms with Gasteiger partial charge in [0.25, 0.3) is 5.91 Å². The van der Waals surface area contributed by atoms with Crippen molar-refractivity contribution in [3.05, 3.63) is 101 Å². The fraction of sp³-hybridized carbons (Fsp3) is 0.394. The molecule has 0 spiro atoms. The van der Waals surface area contributed by atoms with E-state index in [0.717, 1.165) is 36.0 Å². The summed E-state index contributed by atoms with van der Waals surface area (Å²) in [4.78, 5) is 28.0. The van der Waals surface area contributed by atoms with Gasteiger partial charge in [-0.1, -0.05) is 54.6 Å². The number of amides is 2. The lowest BCUT2D eigenvalue weighted by Gasteiger charge is -2.26. The zero-order valence-corrected chi connectivity index (χ0v) is 24.9. The predicted octanol–water partition coefficient (Wildman–Crippen LogP) is 2.98. The number of hydrogen-bond donors (Lipinski definition) is 4. The second-order valence-corrected chi connectivity index (χ2v) is 13.2. The quantitative estimate of drug-likeness (QED) is 0.265. The first-order valence-corrected chi connectivity index (χ1v) is 16.4. The molecule has 3 aromatic rings. The van der Waals surface area contributed by atoms with Crippen LogP contribution >= 0.6 is 0 Å². The molecule has 0 radical (unpaired) electrons. The van der Waals surface area contributed by atoms with Crippen LogP contribution in [0.3, 0.4) is 0 Å². The average molecular weight is 606 g/mol. The third kappa shape index (κ3) is 7.69. The number of likely N-dealkylation sites (tertiary alicyclic amines) is 1. The molecule has 0 aromatic heterocycles. The second kappa shape index (κ2) is 13.8. The van der Waals surface area contributed by atoms with Crippen LogP contribution in [0.1, 0.15) is 58.8 Å². The van der Waals surface area contributed by atoms with Crippen LogP contribution in [-0.4, -0.2) is 67.2 Å². The fourth-order valence-electron chi connectivity index (χ4n) is 5.96. The summed E-state index contributed by atoms with van der Waals surface area (Å²) in [6, 6.07) is 22.3. The average Bonchev–Trinajstić information content (AvgIpc) is 3.34. The Bertz CT molecular complexity index is 1510. The van der Waals surface area contributed by atoms with Crippen LogP contribution in [0, 0.1) is 5.92 Å². The largest absolute Gasteiger partial charge is 0.392 e. The fourth-order valence-corrected chi connectivity index (χ4v) is 7.03. The van der Waals surface area contributed by atoms with E-state index in [9.17, 15) is 28.2 Å². The molecule has 5 rings (SSSR count). The van der Waals surface area contributed by atoms with Crippen LogP contribution < -0.4 is 10.0 Å². The first-order valence-electron chi connectivity index (χ1n) is 14.9. The third-order valence-electron chi connectivity index (χ3n) is 8.32. The van der Waals surface area contributed by atoms with Crippen molar-refractivity contribution in [1.29, 1.82) is 0 Å². The first kappa shape index (κ1) is 30.9. The number of benzene rings is 3. The summed E-state index contributed by atoms with van der Waals surface area (Å²) in [5.74, 6) is -1.09. The maximum atomic E-state index is 13.5. The Labute approximate surface area is 253 Å². The van der Waals surface area contributed by atoms with E-state index >= 15 is 0 Å². The highest BCUT2D eigenvalue weighted by atomic mass is 32.2. The lowest BCUT2D eigenvalue weighted by molar-refractivity contribution is -0.127. The van der Waals surface area contributed by atoms with Gasteiger partial charge in [-0.05, 0) is 73.1 Å². The van der Waals surface area contributed by atoms with E-state index < -0.39 is 34.2 Å². The lowest BCUT2D eigenvalue weighted by Crippen LogP contribution is -2.41. The summed E-state index contributed by atoms with van der Waals surface area (Å²) in [5.41, 5.74) is 3.20. The number of carbonyl (C=O) groups is 2. The normalized spacial score (nSPS) is 19.8. The summed E-state index contributed by atoms with van der Waals surface area (Å²) in [6.45, 7) is 1.12. The monoisotopic (exact) mass is 605 g/mol. The van der Waals surface area contributed by atoms with Gasteiger partial charge in [-0.25, -0.2) is 13.1 Å². The Morgan fingerprint density at radius 1 is 0.907 bits per heavy atom. The maximum Gasteiger partial charge on any atom is 0.253 e. The van der Waals surface area contributed by atoms with E-state index in [2.05, 4.69) is 10.0 Å². The number of rotatable bonds is 11. The van der Waals surface area contributed by atoms with E-state index in [0.29, 0.717) is 31.5 Å². The summed E-state index contributed by atoms with van der Waals surface area (Å²) in [5, 5.41) is 24.5. The van der Waals surface area contributed by atoms with Crippen molar-refractivity contribution in [2.45, 2.75) is 61.7 Å². The van der Waals surface area contributed by atoms with Gasteiger partial charge in [0.2, 0.25) is 15.9 Å². The Hall–Kier alpha value is -3.57. The first-order chi connectivity index (χ1) is 20.7. The molecule has 1 heterocycles. The summed E-state index contributed by atoms with van der Waals surface area (Å²) < 4.78 is 28.4. The highest BCUT2D eigenvalue weighted by Gasteiger charge is 2.34. The number of hydrogen-bond acceptors (Lipinski definition) is 6. The van der Waals surface area contributed by atoms with Crippen molar-refractivity contribution >= 4 is 21.8 Å². The van der Waals surface area contributed by atoms with Gasteiger partial charge in [-0.3, -0.25) is 9.59 Å². The maximum absolute atomic E-state index is 13.5. The van der Waals surface area contributed by atoms with Crippen LogP contribution in [0.5, 0.6) is 0 Å². The van der Waals surface area contributed by atoms with Crippen molar-refractivity contribution in [1.82, 2.24) is 14.9 Å². The summed E-state index contributed by atoms with van der Waals surface area (Å²) in [7, 11) is -3.97. The molecule has 2 aliphatic rings. The van der Waals surface area contributed by atoms with Gasteiger partial charge in [-0.2, -0.15) is 0 Å². The van der Waals surface area contributed by atoms with Crippen molar-refractivity contribution in [2.75, 3.05) is 19.6 Å². The molecule has 0 saturated carbocycles. The number of aliphatic hydroxyl groups excluding tert-OH is 2.